The minimum atomic E-state index is -0.968. The smallest absolute Gasteiger partial charge is 0.407 e. The molecule has 0 bridgehead atoms. The Labute approximate surface area is 289 Å². The zero-order chi connectivity index (χ0) is 35.6. The van der Waals surface area contributed by atoms with Gasteiger partial charge in [-0.15, -0.1) is 0 Å². The van der Waals surface area contributed by atoms with Crippen molar-refractivity contribution >= 4 is 24.1 Å². The number of ether oxygens (including phenoxy) is 3. The quantitative estimate of drug-likeness (QED) is 0.0978. The second-order valence-corrected chi connectivity index (χ2v) is 13.8. The molecule has 10 nitrogen and oxygen atoms in total. The number of esters is 1. The van der Waals surface area contributed by atoms with Crippen LogP contribution in [0, 0.1) is 12.8 Å². The molecule has 0 heterocycles. The average molecular weight is 672 g/mol. The van der Waals surface area contributed by atoms with E-state index in [-0.39, 0.29) is 31.5 Å². The molecule has 4 rings (SSSR count). The Bertz CT molecular complexity index is 1550. The highest BCUT2D eigenvalue weighted by Crippen LogP contribution is 2.44. The fourth-order valence-corrected chi connectivity index (χ4v) is 5.73. The number of hydrogen-bond donors (Lipinski definition) is 3. The van der Waals surface area contributed by atoms with Crippen molar-refractivity contribution in [3.05, 3.63) is 95.1 Å². The van der Waals surface area contributed by atoms with Crippen LogP contribution in [0.1, 0.15) is 82.1 Å². The van der Waals surface area contributed by atoms with E-state index in [1.807, 2.05) is 67.6 Å². The molecule has 0 aromatic heterocycles. The molecule has 0 aliphatic heterocycles. The number of fused-ring (bicyclic) bond motifs is 3. The number of carbonyl (C=O) groups is 4. The Balaban J connectivity index is 1.36. The van der Waals surface area contributed by atoms with Gasteiger partial charge >= 0.3 is 18.2 Å². The van der Waals surface area contributed by atoms with Crippen molar-refractivity contribution in [1.82, 2.24) is 16.0 Å². The normalized spacial score (nSPS) is 13.4. The first-order valence-electron chi connectivity index (χ1n) is 16.9. The first-order valence-corrected chi connectivity index (χ1v) is 16.9. The summed E-state index contributed by atoms with van der Waals surface area (Å²) in [7, 11) is 0. The molecule has 0 saturated carbocycles. The number of alkyl carbamates (subject to hydrolysis) is 2. The summed E-state index contributed by atoms with van der Waals surface area (Å²) < 4.78 is 16.6. The summed E-state index contributed by atoms with van der Waals surface area (Å²) in [6.45, 7) is 11.4. The summed E-state index contributed by atoms with van der Waals surface area (Å²) in [5.41, 5.74) is 5.71. The lowest BCUT2D eigenvalue weighted by Gasteiger charge is -2.25. The number of carbonyl (C=O) groups excluding carboxylic acids is 4. The third-order valence-corrected chi connectivity index (χ3v) is 8.26. The Morgan fingerprint density at radius 3 is 1.98 bits per heavy atom. The molecule has 3 amide bonds. The van der Waals surface area contributed by atoms with Crippen molar-refractivity contribution in [2.45, 2.75) is 91.0 Å². The van der Waals surface area contributed by atoms with Crippen molar-refractivity contribution in [1.29, 1.82) is 0 Å². The summed E-state index contributed by atoms with van der Waals surface area (Å²) in [6.07, 6.45) is 0.0792. The SMILES string of the molecule is Cc1ccc(COC(=O)[C@H](CCCCNC(=O)OC(C)(C)C)NC(=O)[C@@H](NC(=O)OCC2c3ccccc3-c3ccccc32)C(C)C)cc1. The van der Waals surface area contributed by atoms with Gasteiger partial charge in [0.1, 0.15) is 30.9 Å². The molecular formula is C39H49N3O7. The van der Waals surface area contributed by atoms with E-state index in [0.717, 1.165) is 33.4 Å². The van der Waals surface area contributed by atoms with Crippen LogP contribution < -0.4 is 16.0 Å². The minimum Gasteiger partial charge on any atom is -0.459 e. The third-order valence-electron chi connectivity index (χ3n) is 8.26. The van der Waals surface area contributed by atoms with Gasteiger partial charge in [-0.3, -0.25) is 4.79 Å². The molecular weight excluding hydrogens is 622 g/mol. The zero-order valence-corrected chi connectivity index (χ0v) is 29.3. The molecule has 262 valence electrons. The molecule has 0 unspecified atom stereocenters. The Morgan fingerprint density at radius 1 is 0.776 bits per heavy atom. The summed E-state index contributed by atoms with van der Waals surface area (Å²) >= 11 is 0. The molecule has 1 aliphatic carbocycles. The van der Waals surface area contributed by atoms with E-state index in [1.54, 1.807) is 34.6 Å². The van der Waals surface area contributed by atoms with Gasteiger partial charge in [0.2, 0.25) is 5.91 Å². The molecule has 49 heavy (non-hydrogen) atoms. The van der Waals surface area contributed by atoms with E-state index in [4.69, 9.17) is 14.2 Å². The van der Waals surface area contributed by atoms with E-state index in [1.165, 1.54) is 0 Å². The number of nitrogens with one attached hydrogen (secondary N) is 3. The highest BCUT2D eigenvalue weighted by molar-refractivity contribution is 5.90. The molecule has 0 fully saturated rings. The number of unbranched alkanes of at least 4 members (excludes halogenated alkanes) is 1. The summed E-state index contributed by atoms with van der Waals surface area (Å²) in [5.74, 6) is -1.53. The Morgan fingerprint density at radius 2 is 1.39 bits per heavy atom. The lowest BCUT2D eigenvalue weighted by molar-refractivity contribution is -0.149. The lowest BCUT2D eigenvalue weighted by Crippen LogP contribution is -2.54. The number of amides is 3. The maximum absolute atomic E-state index is 13.6. The van der Waals surface area contributed by atoms with E-state index in [0.29, 0.717) is 19.4 Å². The number of benzene rings is 3. The molecule has 3 aromatic rings. The van der Waals surface area contributed by atoms with Crippen molar-refractivity contribution in [2.75, 3.05) is 13.2 Å². The van der Waals surface area contributed by atoms with Crippen LogP contribution in [-0.4, -0.2) is 54.9 Å². The van der Waals surface area contributed by atoms with Crippen LogP contribution in [0.3, 0.4) is 0 Å². The topological polar surface area (TPSA) is 132 Å². The second kappa shape index (κ2) is 17.0. The highest BCUT2D eigenvalue weighted by atomic mass is 16.6. The minimum absolute atomic E-state index is 0.0529. The number of aryl methyl sites for hydroxylation is 1. The van der Waals surface area contributed by atoms with Crippen LogP contribution in [0.2, 0.25) is 0 Å². The molecule has 0 saturated heterocycles. The van der Waals surface area contributed by atoms with Crippen molar-refractivity contribution in [3.8, 4) is 11.1 Å². The van der Waals surface area contributed by atoms with Crippen LogP contribution in [0.5, 0.6) is 0 Å². The van der Waals surface area contributed by atoms with Crippen LogP contribution in [0.25, 0.3) is 11.1 Å². The van der Waals surface area contributed by atoms with Crippen LogP contribution >= 0.6 is 0 Å². The van der Waals surface area contributed by atoms with E-state index < -0.39 is 41.7 Å². The fourth-order valence-electron chi connectivity index (χ4n) is 5.73. The predicted octanol–water partition coefficient (Wildman–Crippen LogP) is 6.78. The van der Waals surface area contributed by atoms with E-state index in [9.17, 15) is 19.2 Å². The number of rotatable bonds is 14. The molecule has 0 radical (unpaired) electrons. The Kier molecular flexibility index (Phi) is 12.8. The monoisotopic (exact) mass is 671 g/mol. The zero-order valence-electron chi connectivity index (χ0n) is 29.3. The Hall–Kier alpha value is -4.86. The van der Waals surface area contributed by atoms with Gasteiger partial charge in [0, 0.05) is 12.5 Å². The van der Waals surface area contributed by atoms with Crippen molar-refractivity contribution < 1.29 is 33.4 Å². The van der Waals surface area contributed by atoms with Crippen LogP contribution in [0.4, 0.5) is 9.59 Å². The molecule has 3 aromatic carbocycles. The second-order valence-electron chi connectivity index (χ2n) is 13.8. The van der Waals surface area contributed by atoms with Crippen LogP contribution in [-0.2, 0) is 30.4 Å². The standard InChI is InChI=1S/C39H49N3O7/c1-25(2)34(42-38(46)48-24-32-30-15-9-7-13-28(30)29-14-8-10-16-31(29)32)35(43)41-33(17-11-12-22-40-37(45)49-39(4,5)6)36(44)47-23-27-20-18-26(3)19-21-27/h7-10,13-16,18-21,25,32-34H,11-12,17,22-24H2,1-6H3,(H,40,45)(H,41,43)(H,42,46)/t33-,34-/m0/s1. The largest absolute Gasteiger partial charge is 0.459 e. The third kappa shape index (κ3) is 10.8. The van der Waals surface area contributed by atoms with Gasteiger partial charge in [-0.2, -0.15) is 0 Å². The molecule has 3 N–H and O–H groups in total. The average Bonchev–Trinajstić information content (AvgIpc) is 3.37. The summed E-state index contributed by atoms with van der Waals surface area (Å²) in [4.78, 5) is 51.9. The van der Waals surface area contributed by atoms with Crippen molar-refractivity contribution in [2.24, 2.45) is 5.92 Å². The van der Waals surface area contributed by atoms with Crippen molar-refractivity contribution in [3.63, 3.8) is 0 Å². The molecule has 1 aliphatic rings. The maximum Gasteiger partial charge on any atom is 0.407 e. The van der Waals surface area contributed by atoms with E-state index in [2.05, 4.69) is 28.1 Å². The predicted molar refractivity (Wildman–Crippen MR) is 188 cm³/mol. The first kappa shape index (κ1) is 37.0. The molecule has 0 spiro atoms. The number of hydrogen-bond acceptors (Lipinski definition) is 7. The maximum atomic E-state index is 13.6. The summed E-state index contributed by atoms with van der Waals surface area (Å²) in [5, 5.41) is 8.23. The van der Waals surface area contributed by atoms with Gasteiger partial charge in [0.05, 0.1) is 0 Å². The van der Waals surface area contributed by atoms with Gasteiger partial charge in [-0.25, -0.2) is 14.4 Å². The van der Waals surface area contributed by atoms with Gasteiger partial charge in [-0.05, 0) is 80.7 Å². The van der Waals surface area contributed by atoms with Crippen LogP contribution in [0.15, 0.2) is 72.8 Å². The van der Waals surface area contributed by atoms with Gasteiger partial charge in [0.15, 0.2) is 0 Å². The first-order chi connectivity index (χ1) is 23.3. The van der Waals surface area contributed by atoms with Gasteiger partial charge in [-0.1, -0.05) is 92.2 Å². The lowest BCUT2D eigenvalue weighted by atomic mass is 9.98. The summed E-state index contributed by atoms with van der Waals surface area (Å²) in [6, 6.07) is 21.8. The van der Waals surface area contributed by atoms with Gasteiger partial charge in [0.25, 0.3) is 0 Å². The van der Waals surface area contributed by atoms with Gasteiger partial charge < -0.3 is 30.2 Å². The van der Waals surface area contributed by atoms with E-state index >= 15 is 0 Å². The molecule has 2 atom stereocenters. The molecule has 10 heteroatoms. The fraction of sp³-hybridized carbons (Fsp3) is 0.436. The highest BCUT2D eigenvalue weighted by Gasteiger charge is 2.32.